The Kier molecular flexibility index (Phi) is 2.40. The first-order chi connectivity index (χ1) is 9.75. The Morgan fingerprint density at radius 3 is 3.10 bits per heavy atom. The molecule has 0 aliphatic carbocycles. The molecule has 3 aromatic rings. The lowest BCUT2D eigenvalue weighted by molar-refractivity contribution is 0.257. The molecule has 0 N–H and O–H groups in total. The Morgan fingerprint density at radius 1 is 1.40 bits per heavy atom. The highest BCUT2D eigenvalue weighted by molar-refractivity contribution is 7.12. The molecule has 5 nitrogen and oxygen atoms in total. The normalized spacial score (nSPS) is 17.1. The molecule has 1 unspecified atom stereocenters. The molecular weight excluding hydrogens is 274 g/mol. The van der Waals surface area contributed by atoms with E-state index in [9.17, 15) is 4.79 Å². The zero-order valence-electron chi connectivity index (χ0n) is 10.7. The monoisotopic (exact) mass is 285 g/mol. The lowest BCUT2D eigenvalue weighted by Crippen LogP contribution is -2.22. The quantitative estimate of drug-likeness (QED) is 0.687. The second-order valence-corrected chi connectivity index (χ2v) is 5.64. The molecule has 0 radical (unpaired) electrons. The summed E-state index contributed by atoms with van der Waals surface area (Å²) in [7, 11) is 0. The van der Waals surface area contributed by atoms with Crippen LogP contribution in [-0.2, 0) is 6.42 Å². The molecule has 1 atom stereocenters. The third-order valence-corrected chi connectivity index (χ3v) is 4.16. The van der Waals surface area contributed by atoms with E-state index in [2.05, 4.69) is 9.97 Å². The van der Waals surface area contributed by atoms with Gasteiger partial charge in [-0.1, -0.05) is 0 Å². The highest BCUT2D eigenvalue weighted by atomic mass is 32.1. The van der Waals surface area contributed by atoms with Crippen LogP contribution in [0.3, 0.4) is 0 Å². The minimum Gasteiger partial charge on any atom is -0.489 e. The van der Waals surface area contributed by atoms with Gasteiger partial charge in [-0.2, -0.15) is 0 Å². The van der Waals surface area contributed by atoms with Crippen molar-refractivity contribution in [3.8, 4) is 10.9 Å². The van der Waals surface area contributed by atoms with Crippen LogP contribution in [0.1, 0.15) is 12.5 Å². The summed E-state index contributed by atoms with van der Waals surface area (Å²) in [5, 5.41) is 3.35. The molecule has 4 heterocycles. The smallest absolute Gasteiger partial charge is 0.265 e. The van der Waals surface area contributed by atoms with Gasteiger partial charge in [-0.15, -0.1) is 11.3 Å². The lowest BCUT2D eigenvalue weighted by atomic mass is 10.1. The van der Waals surface area contributed by atoms with Gasteiger partial charge in [0.15, 0.2) is 10.8 Å². The SMILES string of the molecule is CC1Cc2c(c3cccnc3n(-c3nccs3)c2=O)O1. The van der Waals surface area contributed by atoms with Crippen molar-refractivity contribution in [3.05, 3.63) is 45.8 Å². The van der Waals surface area contributed by atoms with E-state index in [1.165, 1.54) is 11.3 Å². The van der Waals surface area contributed by atoms with Crippen molar-refractivity contribution in [2.45, 2.75) is 19.4 Å². The molecule has 100 valence electrons. The molecule has 0 bridgehead atoms. The molecule has 1 aliphatic rings. The van der Waals surface area contributed by atoms with Crippen molar-refractivity contribution in [1.29, 1.82) is 0 Å². The van der Waals surface area contributed by atoms with Crippen LogP contribution in [-0.4, -0.2) is 20.6 Å². The van der Waals surface area contributed by atoms with Crippen LogP contribution >= 0.6 is 11.3 Å². The van der Waals surface area contributed by atoms with Gasteiger partial charge >= 0.3 is 0 Å². The molecule has 0 spiro atoms. The molecular formula is C14H11N3O2S. The second kappa shape index (κ2) is 4.14. The van der Waals surface area contributed by atoms with Gasteiger partial charge in [0, 0.05) is 24.2 Å². The number of ether oxygens (including phenoxy) is 1. The van der Waals surface area contributed by atoms with E-state index in [1.807, 2.05) is 24.4 Å². The largest absolute Gasteiger partial charge is 0.489 e. The molecule has 20 heavy (non-hydrogen) atoms. The minimum absolute atomic E-state index is 0.0215. The molecule has 6 heteroatoms. The van der Waals surface area contributed by atoms with E-state index in [-0.39, 0.29) is 11.7 Å². The van der Waals surface area contributed by atoms with Gasteiger partial charge in [-0.3, -0.25) is 4.79 Å². The zero-order chi connectivity index (χ0) is 13.7. The molecule has 0 fully saturated rings. The molecule has 1 aliphatic heterocycles. The number of nitrogens with zero attached hydrogens (tertiary/aromatic N) is 3. The van der Waals surface area contributed by atoms with Crippen molar-refractivity contribution >= 4 is 22.4 Å². The average molecular weight is 285 g/mol. The van der Waals surface area contributed by atoms with Gasteiger partial charge < -0.3 is 4.74 Å². The van der Waals surface area contributed by atoms with Crippen LogP contribution in [0, 0.1) is 0 Å². The number of hydrogen-bond donors (Lipinski definition) is 0. The first kappa shape index (κ1) is 11.6. The highest BCUT2D eigenvalue weighted by Crippen LogP contribution is 2.34. The molecule has 0 aromatic carbocycles. The van der Waals surface area contributed by atoms with Crippen molar-refractivity contribution in [2.24, 2.45) is 0 Å². The Bertz CT molecular complexity index is 855. The summed E-state index contributed by atoms with van der Waals surface area (Å²) >= 11 is 1.42. The van der Waals surface area contributed by atoms with E-state index in [0.717, 1.165) is 5.39 Å². The molecule has 0 saturated carbocycles. The van der Waals surface area contributed by atoms with Gasteiger partial charge in [0.05, 0.1) is 10.9 Å². The maximum atomic E-state index is 12.7. The summed E-state index contributed by atoms with van der Waals surface area (Å²) in [4.78, 5) is 21.3. The number of aromatic nitrogens is 3. The molecule has 4 rings (SSSR count). The van der Waals surface area contributed by atoms with Gasteiger partial charge in [-0.05, 0) is 19.1 Å². The van der Waals surface area contributed by atoms with E-state index in [0.29, 0.717) is 28.5 Å². The number of thiazole rings is 1. The van der Waals surface area contributed by atoms with Crippen LogP contribution in [0.5, 0.6) is 5.75 Å². The summed E-state index contributed by atoms with van der Waals surface area (Å²) in [5.74, 6) is 0.679. The van der Waals surface area contributed by atoms with Gasteiger partial charge in [0.2, 0.25) is 0 Å². The zero-order valence-corrected chi connectivity index (χ0v) is 11.6. The summed E-state index contributed by atoms with van der Waals surface area (Å²) in [6, 6.07) is 3.79. The first-order valence-electron chi connectivity index (χ1n) is 6.35. The van der Waals surface area contributed by atoms with Crippen molar-refractivity contribution in [1.82, 2.24) is 14.5 Å². The predicted octanol–water partition coefficient (Wildman–Crippen LogP) is 2.17. The predicted molar refractivity (Wildman–Crippen MR) is 76.8 cm³/mol. The van der Waals surface area contributed by atoms with Gasteiger partial charge in [0.1, 0.15) is 11.9 Å². The number of fused-ring (bicyclic) bond motifs is 3. The topological polar surface area (TPSA) is 57.0 Å². The van der Waals surface area contributed by atoms with E-state index >= 15 is 0 Å². The number of pyridine rings is 2. The highest BCUT2D eigenvalue weighted by Gasteiger charge is 2.28. The Morgan fingerprint density at radius 2 is 2.30 bits per heavy atom. The van der Waals surface area contributed by atoms with Gasteiger partial charge in [0.25, 0.3) is 5.56 Å². The first-order valence-corrected chi connectivity index (χ1v) is 7.23. The van der Waals surface area contributed by atoms with Crippen LogP contribution < -0.4 is 10.3 Å². The summed E-state index contributed by atoms with van der Waals surface area (Å²) < 4.78 is 7.39. The Balaban J connectivity index is 2.18. The fraction of sp³-hybridized carbons (Fsp3) is 0.214. The minimum atomic E-state index is -0.0782. The standard InChI is InChI=1S/C14H11N3O2S/c1-8-7-10-11(19-8)9-3-2-4-15-12(9)17(13(10)18)14-16-5-6-20-14/h2-6,8H,7H2,1H3. The van der Waals surface area contributed by atoms with E-state index in [4.69, 9.17) is 4.74 Å². The van der Waals surface area contributed by atoms with Crippen molar-refractivity contribution in [3.63, 3.8) is 0 Å². The maximum Gasteiger partial charge on any atom is 0.265 e. The number of rotatable bonds is 1. The Labute approximate surface area is 118 Å². The average Bonchev–Trinajstić information content (AvgIpc) is 3.08. The molecule has 0 saturated heterocycles. The fourth-order valence-corrected chi connectivity index (χ4v) is 3.23. The van der Waals surface area contributed by atoms with Crippen LogP contribution in [0.15, 0.2) is 34.7 Å². The van der Waals surface area contributed by atoms with E-state index in [1.54, 1.807) is 17.0 Å². The van der Waals surface area contributed by atoms with E-state index < -0.39 is 0 Å². The van der Waals surface area contributed by atoms with Crippen molar-refractivity contribution in [2.75, 3.05) is 0 Å². The van der Waals surface area contributed by atoms with Crippen molar-refractivity contribution < 1.29 is 4.74 Å². The fourth-order valence-electron chi connectivity index (χ4n) is 2.59. The molecule has 3 aromatic heterocycles. The van der Waals surface area contributed by atoms with Crippen LogP contribution in [0.25, 0.3) is 16.2 Å². The summed E-state index contributed by atoms with van der Waals surface area (Å²) in [6.45, 7) is 1.97. The summed E-state index contributed by atoms with van der Waals surface area (Å²) in [5.41, 5.74) is 1.24. The van der Waals surface area contributed by atoms with Crippen LogP contribution in [0.4, 0.5) is 0 Å². The second-order valence-electron chi connectivity index (χ2n) is 4.77. The third-order valence-electron chi connectivity index (χ3n) is 3.40. The summed E-state index contributed by atoms with van der Waals surface area (Å²) in [6.07, 6.45) is 4.02. The van der Waals surface area contributed by atoms with Gasteiger partial charge in [-0.25, -0.2) is 14.5 Å². The maximum absolute atomic E-state index is 12.7. The molecule has 0 amide bonds. The van der Waals surface area contributed by atoms with Crippen LogP contribution in [0.2, 0.25) is 0 Å². The lowest BCUT2D eigenvalue weighted by Gasteiger charge is -2.10. The third kappa shape index (κ3) is 1.51. The number of hydrogen-bond acceptors (Lipinski definition) is 5. The Hall–Kier alpha value is -2.21.